The van der Waals surface area contributed by atoms with Crippen molar-refractivity contribution in [3.63, 3.8) is 0 Å². The lowest BCUT2D eigenvalue weighted by Crippen LogP contribution is -2.18. The van der Waals surface area contributed by atoms with Gasteiger partial charge < -0.3 is 10.1 Å². The van der Waals surface area contributed by atoms with Gasteiger partial charge >= 0.3 is 0 Å². The molecule has 0 aliphatic carbocycles. The van der Waals surface area contributed by atoms with Crippen molar-refractivity contribution in [1.82, 2.24) is 5.32 Å². The molecular weight excluding hydrogens is 278 g/mol. The van der Waals surface area contributed by atoms with Gasteiger partial charge in [0, 0.05) is 10.3 Å². The Morgan fingerprint density at radius 1 is 1.10 bits per heavy atom. The van der Waals surface area contributed by atoms with E-state index in [-0.39, 0.29) is 6.04 Å². The molecule has 1 aromatic heterocycles. The van der Waals surface area contributed by atoms with Gasteiger partial charge in [0.15, 0.2) is 0 Å². The Hall–Kier alpha value is -1.84. The van der Waals surface area contributed by atoms with Crippen LogP contribution in [-0.4, -0.2) is 14.2 Å². The zero-order valence-corrected chi connectivity index (χ0v) is 13.3. The van der Waals surface area contributed by atoms with Crippen LogP contribution in [0.2, 0.25) is 0 Å². The van der Waals surface area contributed by atoms with Crippen LogP contribution in [0.15, 0.2) is 47.8 Å². The third-order valence-electron chi connectivity index (χ3n) is 3.81. The Labute approximate surface area is 129 Å². The molecule has 0 saturated heterocycles. The topological polar surface area (TPSA) is 21.3 Å². The maximum atomic E-state index is 5.56. The molecule has 0 bridgehead atoms. The van der Waals surface area contributed by atoms with E-state index in [2.05, 4.69) is 54.0 Å². The second-order valence-electron chi connectivity index (χ2n) is 5.15. The van der Waals surface area contributed by atoms with Crippen molar-refractivity contribution in [2.45, 2.75) is 13.0 Å². The fraction of sp³-hybridized carbons (Fsp3) is 0.222. The normalized spacial score (nSPS) is 12.5. The van der Waals surface area contributed by atoms with Gasteiger partial charge in [-0.25, -0.2) is 0 Å². The summed E-state index contributed by atoms with van der Waals surface area (Å²) in [6, 6.07) is 15.1. The molecule has 0 radical (unpaired) electrons. The molecule has 0 amide bonds. The summed E-state index contributed by atoms with van der Waals surface area (Å²) in [7, 11) is 3.73. The summed E-state index contributed by atoms with van der Waals surface area (Å²) < 4.78 is 6.90. The van der Waals surface area contributed by atoms with Gasteiger partial charge in [0.2, 0.25) is 0 Å². The van der Waals surface area contributed by atoms with Crippen LogP contribution < -0.4 is 10.1 Å². The summed E-state index contributed by atoms with van der Waals surface area (Å²) in [4.78, 5) is 0. The molecule has 1 heterocycles. The SMILES string of the molecule is CNC(c1cc(C)ccc1OC)c1cccc2ccsc12. The minimum atomic E-state index is 0.127. The summed E-state index contributed by atoms with van der Waals surface area (Å²) in [6.07, 6.45) is 0. The minimum absolute atomic E-state index is 0.127. The molecule has 0 spiro atoms. The quantitative estimate of drug-likeness (QED) is 0.764. The second kappa shape index (κ2) is 5.88. The highest BCUT2D eigenvalue weighted by Crippen LogP contribution is 2.36. The maximum Gasteiger partial charge on any atom is 0.124 e. The molecule has 3 rings (SSSR count). The van der Waals surface area contributed by atoms with Crippen LogP contribution in [0.25, 0.3) is 10.1 Å². The van der Waals surface area contributed by atoms with Crippen molar-refractivity contribution in [3.05, 3.63) is 64.5 Å². The molecule has 2 nitrogen and oxygen atoms in total. The van der Waals surface area contributed by atoms with Gasteiger partial charge in [-0.15, -0.1) is 11.3 Å². The molecule has 1 N–H and O–H groups in total. The second-order valence-corrected chi connectivity index (χ2v) is 6.07. The van der Waals surface area contributed by atoms with Crippen molar-refractivity contribution in [1.29, 1.82) is 0 Å². The lowest BCUT2D eigenvalue weighted by molar-refractivity contribution is 0.405. The van der Waals surface area contributed by atoms with Gasteiger partial charge in [-0.1, -0.05) is 35.9 Å². The predicted octanol–water partition coefficient (Wildman–Crippen LogP) is 4.53. The van der Waals surface area contributed by atoms with Crippen molar-refractivity contribution in [2.24, 2.45) is 0 Å². The number of hydrogen-bond donors (Lipinski definition) is 1. The summed E-state index contributed by atoms with van der Waals surface area (Å²) in [5.41, 5.74) is 3.72. The van der Waals surface area contributed by atoms with E-state index in [1.165, 1.54) is 26.8 Å². The van der Waals surface area contributed by atoms with Crippen LogP contribution in [0.3, 0.4) is 0 Å². The molecule has 21 heavy (non-hydrogen) atoms. The summed E-state index contributed by atoms with van der Waals surface area (Å²) >= 11 is 1.79. The number of thiophene rings is 1. The van der Waals surface area contributed by atoms with Crippen molar-refractivity contribution < 1.29 is 4.74 Å². The Balaban J connectivity index is 2.19. The van der Waals surface area contributed by atoms with Crippen LogP contribution in [0.5, 0.6) is 5.75 Å². The zero-order chi connectivity index (χ0) is 14.8. The fourth-order valence-corrected chi connectivity index (χ4v) is 3.75. The van der Waals surface area contributed by atoms with Crippen LogP contribution in [-0.2, 0) is 0 Å². The summed E-state index contributed by atoms with van der Waals surface area (Å²) in [6.45, 7) is 2.11. The largest absolute Gasteiger partial charge is 0.496 e. The Kier molecular flexibility index (Phi) is 3.95. The number of fused-ring (bicyclic) bond motifs is 1. The van der Waals surface area contributed by atoms with Crippen molar-refractivity contribution >= 4 is 21.4 Å². The maximum absolute atomic E-state index is 5.56. The summed E-state index contributed by atoms with van der Waals surface area (Å²) in [5.74, 6) is 0.925. The van der Waals surface area contributed by atoms with Crippen LogP contribution >= 0.6 is 11.3 Å². The lowest BCUT2D eigenvalue weighted by atomic mass is 9.95. The monoisotopic (exact) mass is 297 g/mol. The third-order valence-corrected chi connectivity index (χ3v) is 4.78. The Bertz CT molecular complexity index is 763. The molecule has 1 unspecified atom stereocenters. The zero-order valence-electron chi connectivity index (χ0n) is 12.5. The standard InChI is InChI=1S/C18H19NOS/c1-12-7-8-16(20-3)15(11-12)17(19-2)14-6-4-5-13-9-10-21-18(13)14/h4-11,17,19H,1-3H3. The molecule has 1 atom stereocenters. The molecule has 0 fully saturated rings. The number of nitrogens with one attached hydrogen (secondary N) is 1. The van der Waals surface area contributed by atoms with Crippen LogP contribution in [0, 0.1) is 6.92 Å². The number of benzene rings is 2. The molecule has 0 aliphatic rings. The average molecular weight is 297 g/mol. The van der Waals surface area contributed by atoms with Crippen molar-refractivity contribution in [3.8, 4) is 5.75 Å². The van der Waals surface area contributed by atoms with Gasteiger partial charge in [0.25, 0.3) is 0 Å². The third kappa shape index (κ3) is 2.55. The van der Waals surface area contributed by atoms with E-state index in [9.17, 15) is 0 Å². The van der Waals surface area contributed by atoms with E-state index < -0.39 is 0 Å². The number of rotatable bonds is 4. The first-order valence-electron chi connectivity index (χ1n) is 7.02. The van der Waals surface area contributed by atoms with E-state index in [0.29, 0.717) is 0 Å². The molecule has 3 heteroatoms. The van der Waals surface area contributed by atoms with Crippen LogP contribution in [0.4, 0.5) is 0 Å². The highest BCUT2D eigenvalue weighted by molar-refractivity contribution is 7.17. The molecule has 0 saturated carbocycles. The van der Waals surface area contributed by atoms with E-state index in [1.54, 1.807) is 18.4 Å². The van der Waals surface area contributed by atoms with E-state index >= 15 is 0 Å². The summed E-state index contributed by atoms with van der Waals surface area (Å²) in [5, 5.41) is 6.89. The number of aryl methyl sites for hydroxylation is 1. The van der Waals surface area contributed by atoms with Crippen LogP contribution in [0.1, 0.15) is 22.7 Å². The molecule has 3 aromatic rings. The van der Waals surface area contributed by atoms with Gasteiger partial charge in [-0.3, -0.25) is 0 Å². The number of ether oxygens (including phenoxy) is 1. The van der Waals surface area contributed by atoms with Gasteiger partial charge in [0.1, 0.15) is 5.75 Å². The molecule has 0 aliphatic heterocycles. The first-order valence-corrected chi connectivity index (χ1v) is 7.90. The first kappa shape index (κ1) is 14.1. The first-order chi connectivity index (χ1) is 10.2. The molecule has 108 valence electrons. The van der Waals surface area contributed by atoms with Gasteiger partial charge in [-0.2, -0.15) is 0 Å². The fourth-order valence-electron chi connectivity index (χ4n) is 2.80. The number of methoxy groups -OCH3 is 1. The average Bonchev–Trinajstić information content (AvgIpc) is 2.97. The highest BCUT2D eigenvalue weighted by Gasteiger charge is 2.19. The van der Waals surface area contributed by atoms with Gasteiger partial charge in [0.05, 0.1) is 13.2 Å². The van der Waals surface area contributed by atoms with Gasteiger partial charge in [-0.05, 0) is 42.4 Å². The minimum Gasteiger partial charge on any atom is -0.496 e. The highest BCUT2D eigenvalue weighted by atomic mass is 32.1. The smallest absolute Gasteiger partial charge is 0.124 e. The van der Waals surface area contributed by atoms with E-state index in [4.69, 9.17) is 4.74 Å². The van der Waals surface area contributed by atoms with E-state index in [0.717, 1.165) is 5.75 Å². The Morgan fingerprint density at radius 3 is 2.71 bits per heavy atom. The van der Waals surface area contributed by atoms with Crippen molar-refractivity contribution in [2.75, 3.05) is 14.2 Å². The molecular formula is C18H19NOS. The Morgan fingerprint density at radius 2 is 1.95 bits per heavy atom. The number of hydrogen-bond acceptors (Lipinski definition) is 3. The lowest BCUT2D eigenvalue weighted by Gasteiger charge is -2.21. The molecule has 2 aromatic carbocycles. The van der Waals surface area contributed by atoms with E-state index in [1.807, 2.05) is 13.1 Å². The predicted molar refractivity (Wildman–Crippen MR) is 90.5 cm³/mol.